The minimum Gasteiger partial charge on any atom is -0.463 e. The number of nitrogens with zero attached hydrogens (tertiary/aromatic N) is 2. The van der Waals surface area contributed by atoms with Crippen molar-refractivity contribution in [1.82, 2.24) is 14.1 Å². The molecule has 116 valence electrons. The van der Waals surface area contributed by atoms with Gasteiger partial charge in [-0.25, -0.2) is 0 Å². The molecular weight excluding hydrogens is 302 g/mol. The highest BCUT2D eigenvalue weighted by Gasteiger charge is 2.21. The molecule has 1 N–H and O–H groups in total. The first-order chi connectivity index (χ1) is 10.6. The third kappa shape index (κ3) is 4.63. The van der Waals surface area contributed by atoms with Crippen molar-refractivity contribution < 1.29 is 14.3 Å². The highest BCUT2D eigenvalue weighted by Crippen LogP contribution is 2.18. The molecule has 0 aliphatic carbocycles. The number of hydrogen-bond donors (Lipinski definition) is 1. The summed E-state index contributed by atoms with van der Waals surface area (Å²) in [5.41, 5.74) is 1.07. The van der Waals surface area contributed by atoms with Crippen LogP contribution < -0.4 is 5.32 Å². The zero-order chi connectivity index (χ0) is 15.9. The minimum absolute atomic E-state index is 0.0610. The van der Waals surface area contributed by atoms with Gasteiger partial charge < -0.3 is 10.1 Å². The molecule has 22 heavy (non-hydrogen) atoms. The number of ether oxygens (including phenoxy) is 1. The second kappa shape index (κ2) is 7.65. The summed E-state index contributed by atoms with van der Waals surface area (Å²) in [4.78, 5) is 24.0. The fraction of sp³-hybridized carbons (Fsp3) is 0.333. The molecule has 1 heterocycles. The van der Waals surface area contributed by atoms with E-state index in [1.54, 1.807) is 13.8 Å². The summed E-state index contributed by atoms with van der Waals surface area (Å²) in [7, 11) is 0. The Morgan fingerprint density at radius 3 is 2.59 bits per heavy atom. The zero-order valence-electron chi connectivity index (χ0n) is 12.4. The number of nitrogens with one attached hydrogen (secondary N) is 1. The maximum absolute atomic E-state index is 12.1. The first kappa shape index (κ1) is 16.1. The van der Waals surface area contributed by atoms with Crippen LogP contribution in [0.5, 0.6) is 0 Å². The fourth-order valence-electron chi connectivity index (χ4n) is 1.91. The van der Waals surface area contributed by atoms with E-state index in [9.17, 15) is 9.59 Å². The number of aromatic nitrogens is 2. The van der Waals surface area contributed by atoms with Gasteiger partial charge in [-0.2, -0.15) is 8.75 Å². The number of hydrogen-bond acceptors (Lipinski definition) is 6. The van der Waals surface area contributed by atoms with Gasteiger partial charge in [0.25, 0.3) is 5.91 Å². The molecule has 1 aromatic heterocycles. The molecule has 0 aliphatic heterocycles. The van der Waals surface area contributed by atoms with E-state index in [1.165, 1.54) is 6.20 Å². The van der Waals surface area contributed by atoms with Crippen LogP contribution in [-0.4, -0.2) is 26.7 Å². The molecular formula is C15H17N3O3S. The summed E-state index contributed by atoms with van der Waals surface area (Å²) < 4.78 is 12.9. The number of benzene rings is 1. The Morgan fingerprint density at radius 2 is 2.00 bits per heavy atom. The Morgan fingerprint density at radius 1 is 1.27 bits per heavy atom. The molecule has 0 radical (unpaired) electrons. The summed E-state index contributed by atoms with van der Waals surface area (Å²) in [6.07, 6.45) is 1.27. The number of rotatable bonds is 6. The maximum atomic E-state index is 12.1. The van der Waals surface area contributed by atoms with Crippen LogP contribution in [-0.2, 0) is 9.53 Å². The van der Waals surface area contributed by atoms with Gasteiger partial charge in [0.1, 0.15) is 0 Å². The molecule has 0 aliphatic rings. The van der Waals surface area contributed by atoms with Gasteiger partial charge in [0.2, 0.25) is 0 Å². The maximum Gasteiger partial charge on any atom is 0.308 e. The molecule has 1 atom stereocenters. The number of amides is 1. The summed E-state index contributed by atoms with van der Waals surface area (Å²) in [5.74, 6) is -0.722. The Balaban J connectivity index is 2.11. The molecule has 2 rings (SSSR count). The van der Waals surface area contributed by atoms with Crippen molar-refractivity contribution in [1.29, 1.82) is 0 Å². The van der Waals surface area contributed by atoms with Gasteiger partial charge in [0.05, 0.1) is 36.5 Å². The van der Waals surface area contributed by atoms with E-state index in [2.05, 4.69) is 14.1 Å². The molecule has 0 fully saturated rings. The predicted molar refractivity (Wildman–Crippen MR) is 82.4 cm³/mol. The fourth-order valence-corrected chi connectivity index (χ4v) is 2.32. The Labute approximate surface area is 132 Å². The smallest absolute Gasteiger partial charge is 0.308 e. The first-order valence-electron chi connectivity index (χ1n) is 6.89. The molecule has 1 unspecified atom stereocenters. The van der Waals surface area contributed by atoms with Gasteiger partial charge in [0.15, 0.2) is 5.69 Å². The Hall–Kier alpha value is -2.28. The first-order valence-corrected chi connectivity index (χ1v) is 7.62. The molecule has 1 amide bonds. The summed E-state index contributed by atoms with van der Waals surface area (Å²) in [6.45, 7) is 3.57. The van der Waals surface area contributed by atoms with E-state index in [1.807, 2.05) is 30.3 Å². The normalized spacial score (nSPS) is 12.0. The third-order valence-electron chi connectivity index (χ3n) is 2.84. The van der Waals surface area contributed by atoms with Crippen molar-refractivity contribution >= 4 is 23.6 Å². The number of carbonyl (C=O) groups is 2. The van der Waals surface area contributed by atoms with E-state index in [-0.39, 0.29) is 30.1 Å². The average Bonchev–Trinajstić information content (AvgIpc) is 3.01. The molecule has 0 saturated carbocycles. The molecule has 7 heteroatoms. The van der Waals surface area contributed by atoms with Crippen molar-refractivity contribution in [2.75, 3.05) is 0 Å². The molecule has 1 aromatic carbocycles. The summed E-state index contributed by atoms with van der Waals surface area (Å²) >= 11 is 0.961. The van der Waals surface area contributed by atoms with Crippen LogP contribution in [0.4, 0.5) is 0 Å². The van der Waals surface area contributed by atoms with Gasteiger partial charge in [-0.1, -0.05) is 30.3 Å². The largest absolute Gasteiger partial charge is 0.463 e. The van der Waals surface area contributed by atoms with Crippen LogP contribution in [0, 0.1) is 0 Å². The van der Waals surface area contributed by atoms with Gasteiger partial charge in [-0.3, -0.25) is 9.59 Å². The van der Waals surface area contributed by atoms with Gasteiger partial charge in [-0.15, -0.1) is 0 Å². The van der Waals surface area contributed by atoms with Crippen molar-refractivity contribution in [3.63, 3.8) is 0 Å². The Kier molecular flexibility index (Phi) is 5.60. The molecule has 0 bridgehead atoms. The van der Waals surface area contributed by atoms with Crippen molar-refractivity contribution in [3.05, 3.63) is 47.8 Å². The molecule has 0 spiro atoms. The van der Waals surface area contributed by atoms with E-state index < -0.39 is 6.04 Å². The van der Waals surface area contributed by atoms with Crippen molar-refractivity contribution in [2.45, 2.75) is 32.4 Å². The lowest BCUT2D eigenvalue weighted by Crippen LogP contribution is -2.31. The lowest BCUT2D eigenvalue weighted by atomic mass is 10.0. The predicted octanol–water partition coefficient (Wildman–Crippen LogP) is 2.35. The second-order valence-electron chi connectivity index (χ2n) is 4.97. The second-order valence-corrected chi connectivity index (χ2v) is 5.53. The highest BCUT2D eigenvalue weighted by atomic mass is 32.1. The van der Waals surface area contributed by atoms with Crippen molar-refractivity contribution in [3.8, 4) is 0 Å². The third-order valence-corrected chi connectivity index (χ3v) is 3.32. The number of carbonyl (C=O) groups excluding carboxylic acids is 2. The van der Waals surface area contributed by atoms with E-state index in [4.69, 9.17) is 4.74 Å². The van der Waals surface area contributed by atoms with Gasteiger partial charge in [-0.05, 0) is 19.4 Å². The summed E-state index contributed by atoms with van der Waals surface area (Å²) in [5, 5.41) is 2.80. The lowest BCUT2D eigenvalue weighted by molar-refractivity contribution is -0.147. The summed E-state index contributed by atoms with van der Waals surface area (Å²) in [6, 6.07) is 8.82. The lowest BCUT2D eigenvalue weighted by Gasteiger charge is -2.18. The van der Waals surface area contributed by atoms with Gasteiger partial charge >= 0.3 is 5.97 Å². The monoisotopic (exact) mass is 319 g/mol. The van der Waals surface area contributed by atoms with Gasteiger partial charge in [0, 0.05) is 0 Å². The van der Waals surface area contributed by atoms with Crippen LogP contribution in [0.15, 0.2) is 36.5 Å². The molecule has 6 nitrogen and oxygen atoms in total. The topological polar surface area (TPSA) is 81.2 Å². The minimum atomic E-state index is -0.471. The highest BCUT2D eigenvalue weighted by molar-refractivity contribution is 6.99. The quantitative estimate of drug-likeness (QED) is 0.827. The van der Waals surface area contributed by atoms with Crippen LogP contribution in [0.1, 0.15) is 42.4 Å². The molecule has 2 aromatic rings. The van der Waals surface area contributed by atoms with Crippen LogP contribution >= 0.6 is 11.7 Å². The average molecular weight is 319 g/mol. The molecule has 0 saturated heterocycles. The SMILES string of the molecule is CC(C)OC(=O)CC(NC(=O)c1cnsn1)c1ccccc1. The van der Waals surface area contributed by atoms with Crippen LogP contribution in [0.25, 0.3) is 0 Å². The van der Waals surface area contributed by atoms with Crippen molar-refractivity contribution in [2.24, 2.45) is 0 Å². The number of esters is 1. The van der Waals surface area contributed by atoms with Crippen LogP contribution in [0.3, 0.4) is 0 Å². The van der Waals surface area contributed by atoms with E-state index in [0.29, 0.717) is 0 Å². The van der Waals surface area contributed by atoms with E-state index >= 15 is 0 Å². The van der Waals surface area contributed by atoms with E-state index in [0.717, 1.165) is 17.3 Å². The van der Waals surface area contributed by atoms with Crippen LogP contribution in [0.2, 0.25) is 0 Å². The standard InChI is InChI=1S/C15H17N3O3S/c1-10(2)21-14(19)8-12(11-6-4-3-5-7-11)17-15(20)13-9-16-22-18-13/h3-7,9-10,12H,8H2,1-2H3,(H,17,20). The Bertz CT molecular complexity index is 614. The zero-order valence-corrected chi connectivity index (χ0v) is 13.2.